The number of aromatic nitrogens is 2. The molecule has 0 aliphatic carbocycles. The van der Waals surface area contributed by atoms with E-state index in [1.807, 2.05) is 36.4 Å². The number of imide groups is 1. The Kier molecular flexibility index (Phi) is 5.79. The van der Waals surface area contributed by atoms with Gasteiger partial charge in [-0.25, -0.2) is 4.79 Å². The number of nitrogens with zero attached hydrogens (tertiary/aromatic N) is 2. The number of carbonyl (C=O) groups excluding carboxylic acids is 2. The van der Waals surface area contributed by atoms with E-state index in [0.29, 0.717) is 19.5 Å². The lowest BCUT2D eigenvalue weighted by Gasteiger charge is -2.22. The first-order valence-electron chi connectivity index (χ1n) is 8.57. The molecule has 0 bridgehead atoms. The van der Waals surface area contributed by atoms with E-state index in [1.165, 1.54) is 0 Å². The maximum atomic E-state index is 12.0. The molecule has 3 N–H and O–H groups in total. The maximum absolute atomic E-state index is 12.0. The van der Waals surface area contributed by atoms with Crippen LogP contribution in [0.15, 0.2) is 42.6 Å². The quantitative estimate of drug-likeness (QED) is 0.749. The Balaban J connectivity index is 1.39. The number of likely N-dealkylation sites (tertiary alicyclic amines) is 1. The Labute approximate surface area is 146 Å². The topological polar surface area (TPSA) is 90.1 Å². The lowest BCUT2D eigenvalue weighted by Crippen LogP contribution is -2.40. The highest BCUT2D eigenvalue weighted by Crippen LogP contribution is 2.30. The van der Waals surface area contributed by atoms with Gasteiger partial charge in [-0.05, 0) is 31.0 Å². The van der Waals surface area contributed by atoms with Crippen LogP contribution in [-0.4, -0.2) is 40.1 Å². The highest BCUT2D eigenvalue weighted by Gasteiger charge is 2.27. The summed E-state index contributed by atoms with van der Waals surface area (Å²) in [5.41, 5.74) is 2.07. The van der Waals surface area contributed by atoms with Crippen LogP contribution >= 0.6 is 0 Å². The molecule has 0 saturated carbocycles. The molecule has 25 heavy (non-hydrogen) atoms. The monoisotopic (exact) mass is 341 g/mol. The third kappa shape index (κ3) is 4.90. The molecule has 1 saturated heterocycles. The molecule has 1 aliphatic rings. The minimum absolute atomic E-state index is 0.263. The van der Waals surface area contributed by atoms with Crippen LogP contribution in [0.4, 0.5) is 4.79 Å². The molecule has 1 fully saturated rings. The van der Waals surface area contributed by atoms with Crippen molar-refractivity contribution in [2.24, 2.45) is 0 Å². The van der Waals surface area contributed by atoms with Crippen LogP contribution in [0.25, 0.3) is 0 Å². The minimum atomic E-state index is -0.458. The van der Waals surface area contributed by atoms with Gasteiger partial charge in [0.2, 0.25) is 5.91 Å². The van der Waals surface area contributed by atoms with Crippen molar-refractivity contribution in [3.8, 4) is 0 Å². The van der Waals surface area contributed by atoms with E-state index in [4.69, 9.17) is 0 Å². The van der Waals surface area contributed by atoms with Gasteiger partial charge >= 0.3 is 6.03 Å². The third-order valence-corrected chi connectivity index (χ3v) is 4.42. The second kappa shape index (κ2) is 8.43. The number of benzene rings is 1. The predicted octanol–water partition coefficient (Wildman–Crippen LogP) is 1.96. The van der Waals surface area contributed by atoms with E-state index in [-0.39, 0.29) is 11.9 Å². The average molecular weight is 341 g/mol. The van der Waals surface area contributed by atoms with Gasteiger partial charge in [-0.2, -0.15) is 5.10 Å². The van der Waals surface area contributed by atoms with Gasteiger partial charge in [-0.15, -0.1) is 0 Å². The van der Waals surface area contributed by atoms with Crippen molar-refractivity contribution in [2.75, 3.05) is 13.1 Å². The smallest absolute Gasteiger partial charge is 0.321 e. The van der Waals surface area contributed by atoms with Gasteiger partial charge in [-0.1, -0.05) is 30.3 Å². The van der Waals surface area contributed by atoms with Gasteiger partial charge in [0.05, 0.1) is 11.7 Å². The van der Waals surface area contributed by atoms with E-state index in [9.17, 15) is 9.59 Å². The van der Waals surface area contributed by atoms with Crippen LogP contribution in [0.3, 0.4) is 0 Å². The number of H-pyrrole nitrogens is 1. The zero-order valence-corrected chi connectivity index (χ0v) is 14.1. The fourth-order valence-corrected chi connectivity index (χ4v) is 3.15. The predicted molar refractivity (Wildman–Crippen MR) is 93.6 cm³/mol. The summed E-state index contributed by atoms with van der Waals surface area (Å²) in [6.07, 6.45) is 4.20. The molecule has 1 aromatic heterocycles. The van der Waals surface area contributed by atoms with E-state index in [0.717, 1.165) is 30.6 Å². The molecule has 1 atom stereocenters. The average Bonchev–Trinajstić information content (AvgIpc) is 3.30. The second-order valence-electron chi connectivity index (χ2n) is 6.17. The van der Waals surface area contributed by atoms with E-state index in [1.54, 1.807) is 6.20 Å². The molecule has 7 nitrogen and oxygen atoms in total. The Morgan fingerprint density at radius 1 is 1.24 bits per heavy atom. The van der Waals surface area contributed by atoms with Crippen molar-refractivity contribution < 1.29 is 9.59 Å². The summed E-state index contributed by atoms with van der Waals surface area (Å²) in [5, 5.41) is 12.1. The van der Waals surface area contributed by atoms with Crippen molar-refractivity contribution in [1.29, 1.82) is 0 Å². The molecule has 2 aromatic rings. The Hall–Kier alpha value is -2.67. The van der Waals surface area contributed by atoms with E-state index in [2.05, 4.69) is 25.7 Å². The molecule has 2 heterocycles. The zero-order valence-electron chi connectivity index (χ0n) is 14.1. The summed E-state index contributed by atoms with van der Waals surface area (Å²) < 4.78 is 0. The number of urea groups is 1. The fraction of sp³-hybridized carbons (Fsp3) is 0.389. The van der Waals surface area contributed by atoms with Gasteiger partial charge in [0.25, 0.3) is 0 Å². The molecule has 1 aromatic carbocycles. The molecule has 3 rings (SSSR count). The Bertz CT molecular complexity index is 687. The summed E-state index contributed by atoms with van der Waals surface area (Å²) >= 11 is 0. The van der Waals surface area contributed by atoms with Gasteiger partial charge in [-0.3, -0.25) is 20.1 Å². The highest BCUT2D eigenvalue weighted by atomic mass is 16.2. The molecule has 7 heteroatoms. The van der Waals surface area contributed by atoms with Crippen molar-refractivity contribution in [3.05, 3.63) is 53.9 Å². The van der Waals surface area contributed by atoms with Crippen LogP contribution < -0.4 is 10.6 Å². The Morgan fingerprint density at radius 2 is 2.08 bits per heavy atom. The summed E-state index contributed by atoms with van der Waals surface area (Å²) in [4.78, 5) is 26.1. The van der Waals surface area contributed by atoms with Gasteiger partial charge in [0, 0.05) is 25.7 Å². The second-order valence-corrected chi connectivity index (χ2v) is 6.17. The molecule has 3 amide bonds. The molecule has 132 valence electrons. The fourth-order valence-electron chi connectivity index (χ4n) is 3.15. The molecular weight excluding hydrogens is 318 g/mol. The first kappa shape index (κ1) is 17.2. The number of aromatic amines is 1. The van der Waals surface area contributed by atoms with E-state index < -0.39 is 6.03 Å². The summed E-state index contributed by atoms with van der Waals surface area (Å²) in [5.74, 6) is -0.263. The molecule has 0 radical (unpaired) electrons. The third-order valence-electron chi connectivity index (χ3n) is 4.42. The number of carbonyl (C=O) groups is 2. The van der Waals surface area contributed by atoms with Crippen molar-refractivity contribution in [2.45, 2.75) is 31.8 Å². The lowest BCUT2D eigenvalue weighted by atomic mass is 10.1. The zero-order chi connectivity index (χ0) is 17.5. The lowest BCUT2D eigenvalue weighted by molar-refractivity contribution is -0.120. The number of hydrogen-bond donors (Lipinski definition) is 3. The van der Waals surface area contributed by atoms with Crippen LogP contribution in [0, 0.1) is 0 Å². The first-order chi connectivity index (χ1) is 12.2. The summed E-state index contributed by atoms with van der Waals surface area (Å²) in [6.45, 7) is 1.98. The summed E-state index contributed by atoms with van der Waals surface area (Å²) in [6, 6.07) is 11.4. The first-order valence-corrected chi connectivity index (χ1v) is 8.57. The number of nitrogens with one attached hydrogen (secondary N) is 3. The molecule has 1 aliphatic heterocycles. The molecular formula is C18H23N5O2. The maximum Gasteiger partial charge on any atom is 0.321 e. The highest BCUT2D eigenvalue weighted by molar-refractivity contribution is 5.94. The van der Waals surface area contributed by atoms with Gasteiger partial charge in [0.15, 0.2) is 0 Å². The number of hydrogen-bond acceptors (Lipinski definition) is 4. The number of rotatable bonds is 6. The SMILES string of the molecule is O=C(CCN1CCCC1c1ccn[nH]1)NC(=O)NCc1ccccc1. The summed E-state index contributed by atoms with van der Waals surface area (Å²) in [7, 11) is 0. The van der Waals surface area contributed by atoms with Crippen molar-refractivity contribution >= 4 is 11.9 Å². The Morgan fingerprint density at radius 3 is 2.84 bits per heavy atom. The normalized spacial score (nSPS) is 17.4. The molecule has 1 unspecified atom stereocenters. The largest absolute Gasteiger partial charge is 0.334 e. The van der Waals surface area contributed by atoms with Gasteiger partial charge < -0.3 is 5.32 Å². The van der Waals surface area contributed by atoms with Crippen LogP contribution in [0.1, 0.15) is 36.6 Å². The number of amides is 3. The van der Waals surface area contributed by atoms with Crippen molar-refractivity contribution in [3.63, 3.8) is 0 Å². The molecule has 0 spiro atoms. The van der Waals surface area contributed by atoms with Crippen LogP contribution in [0.5, 0.6) is 0 Å². The minimum Gasteiger partial charge on any atom is -0.334 e. The van der Waals surface area contributed by atoms with Crippen LogP contribution in [-0.2, 0) is 11.3 Å². The standard InChI is InChI=1S/C18H23N5O2/c24-17(21-18(25)19-13-14-5-2-1-3-6-14)9-12-23-11-4-7-16(23)15-8-10-20-22-15/h1-3,5-6,8,10,16H,4,7,9,11-13H2,(H,20,22)(H2,19,21,24,25). The van der Waals surface area contributed by atoms with Gasteiger partial charge in [0.1, 0.15) is 0 Å². The van der Waals surface area contributed by atoms with Crippen LogP contribution in [0.2, 0.25) is 0 Å². The van der Waals surface area contributed by atoms with Crippen molar-refractivity contribution in [1.82, 2.24) is 25.7 Å². The van der Waals surface area contributed by atoms with E-state index >= 15 is 0 Å².